The number of imidazole rings is 1. The number of fused-ring (bicyclic) bond motifs is 1. The maximum atomic E-state index is 6.06. The van der Waals surface area contributed by atoms with Gasteiger partial charge in [-0.05, 0) is 67.8 Å². The summed E-state index contributed by atoms with van der Waals surface area (Å²) in [5.41, 5.74) is 5.61. The normalized spacial score (nSPS) is 11.0. The zero-order valence-electron chi connectivity index (χ0n) is 17.2. The highest BCUT2D eigenvalue weighted by molar-refractivity contribution is 5.75. The van der Waals surface area contributed by atoms with Gasteiger partial charge in [0.25, 0.3) is 0 Å². The molecule has 0 aliphatic rings. The summed E-state index contributed by atoms with van der Waals surface area (Å²) < 4.78 is 14.3. The van der Waals surface area contributed by atoms with Gasteiger partial charge in [-0.1, -0.05) is 36.4 Å². The number of para-hydroxylation sites is 3. The predicted octanol–water partition coefficient (Wildman–Crippen LogP) is 5.62. The van der Waals surface area contributed by atoms with Crippen molar-refractivity contribution >= 4 is 11.0 Å². The third-order valence-electron chi connectivity index (χ3n) is 4.96. The number of aryl methyl sites for hydroxylation is 3. The molecule has 4 rings (SSSR count). The lowest BCUT2D eigenvalue weighted by Gasteiger charge is -2.13. The third-order valence-corrected chi connectivity index (χ3v) is 4.96. The van der Waals surface area contributed by atoms with Crippen LogP contribution in [0.4, 0.5) is 0 Å². The second kappa shape index (κ2) is 8.39. The van der Waals surface area contributed by atoms with Crippen LogP contribution in [0.1, 0.15) is 22.5 Å². The lowest BCUT2D eigenvalue weighted by molar-refractivity contribution is 0.271. The first kappa shape index (κ1) is 19.1. The molecular weight excluding hydrogens is 360 g/mol. The van der Waals surface area contributed by atoms with E-state index in [0.717, 1.165) is 33.9 Å². The fourth-order valence-electron chi connectivity index (χ4n) is 3.62. The van der Waals surface area contributed by atoms with E-state index in [1.54, 1.807) is 0 Å². The van der Waals surface area contributed by atoms with Crippen molar-refractivity contribution in [2.45, 2.75) is 33.9 Å². The van der Waals surface area contributed by atoms with E-state index in [1.165, 1.54) is 11.1 Å². The van der Waals surface area contributed by atoms with Crippen LogP contribution in [-0.4, -0.2) is 16.2 Å². The van der Waals surface area contributed by atoms with Crippen LogP contribution in [0.5, 0.6) is 11.5 Å². The Morgan fingerprint density at radius 3 is 2.34 bits per heavy atom. The van der Waals surface area contributed by atoms with Crippen molar-refractivity contribution in [1.29, 1.82) is 0 Å². The molecular formula is C25H26N2O2. The van der Waals surface area contributed by atoms with Gasteiger partial charge in [0.05, 0.1) is 17.6 Å². The van der Waals surface area contributed by atoms with Gasteiger partial charge < -0.3 is 14.0 Å². The maximum absolute atomic E-state index is 6.06. The average Bonchev–Trinajstić information content (AvgIpc) is 3.04. The molecule has 0 radical (unpaired) electrons. The minimum Gasteiger partial charge on any atom is -0.492 e. The zero-order valence-corrected chi connectivity index (χ0v) is 17.2. The van der Waals surface area contributed by atoms with Crippen molar-refractivity contribution < 1.29 is 9.47 Å². The summed E-state index contributed by atoms with van der Waals surface area (Å²) in [5.74, 6) is 2.70. The van der Waals surface area contributed by atoms with E-state index in [0.29, 0.717) is 19.8 Å². The fourth-order valence-corrected chi connectivity index (χ4v) is 3.62. The van der Waals surface area contributed by atoms with E-state index >= 15 is 0 Å². The van der Waals surface area contributed by atoms with Crippen LogP contribution in [0, 0.1) is 20.8 Å². The average molecular weight is 386 g/mol. The minimum atomic E-state index is 0.420. The molecule has 0 saturated heterocycles. The Morgan fingerprint density at radius 1 is 0.828 bits per heavy atom. The standard InChI is InChI=1S/C25H26N2O2/c1-18-14-19(2)16-21(15-18)28-13-12-27-23-10-6-5-9-22(23)26-25(27)17-29-24-11-7-4-8-20(24)3/h4-11,14-16H,12-13,17H2,1-3H3. The maximum Gasteiger partial charge on any atom is 0.148 e. The number of ether oxygens (including phenoxy) is 2. The van der Waals surface area contributed by atoms with Crippen LogP contribution in [-0.2, 0) is 13.2 Å². The number of benzene rings is 3. The van der Waals surface area contributed by atoms with Crippen LogP contribution in [0.2, 0.25) is 0 Å². The number of rotatable bonds is 7. The van der Waals surface area contributed by atoms with Crippen LogP contribution in [0.25, 0.3) is 11.0 Å². The Morgan fingerprint density at radius 2 is 1.55 bits per heavy atom. The van der Waals surface area contributed by atoms with Gasteiger partial charge in [-0.2, -0.15) is 0 Å². The van der Waals surface area contributed by atoms with Crippen LogP contribution in [0.3, 0.4) is 0 Å². The second-order valence-electron chi connectivity index (χ2n) is 7.39. The van der Waals surface area contributed by atoms with Crippen molar-refractivity contribution in [2.75, 3.05) is 6.61 Å². The Bertz CT molecular complexity index is 1110. The van der Waals surface area contributed by atoms with Gasteiger partial charge in [-0.25, -0.2) is 4.98 Å². The molecule has 3 aromatic carbocycles. The van der Waals surface area contributed by atoms with Crippen molar-refractivity contribution in [2.24, 2.45) is 0 Å². The SMILES string of the molecule is Cc1cc(C)cc(OCCn2c(COc3ccccc3C)nc3ccccc32)c1. The van der Waals surface area contributed by atoms with E-state index in [-0.39, 0.29) is 0 Å². The van der Waals surface area contributed by atoms with E-state index in [4.69, 9.17) is 14.5 Å². The van der Waals surface area contributed by atoms with Gasteiger partial charge in [0, 0.05) is 0 Å². The van der Waals surface area contributed by atoms with Gasteiger partial charge in [0.2, 0.25) is 0 Å². The highest BCUT2D eigenvalue weighted by Gasteiger charge is 2.12. The molecule has 0 amide bonds. The van der Waals surface area contributed by atoms with Gasteiger partial charge >= 0.3 is 0 Å². The predicted molar refractivity (Wildman–Crippen MR) is 117 cm³/mol. The van der Waals surface area contributed by atoms with Crippen molar-refractivity contribution in [3.63, 3.8) is 0 Å². The van der Waals surface area contributed by atoms with Crippen molar-refractivity contribution in [1.82, 2.24) is 9.55 Å². The molecule has 4 heteroatoms. The molecule has 0 saturated carbocycles. The van der Waals surface area contributed by atoms with E-state index in [9.17, 15) is 0 Å². The van der Waals surface area contributed by atoms with Gasteiger partial charge in [-0.3, -0.25) is 0 Å². The molecule has 0 unspecified atom stereocenters. The Balaban J connectivity index is 1.52. The second-order valence-corrected chi connectivity index (χ2v) is 7.39. The van der Waals surface area contributed by atoms with E-state index < -0.39 is 0 Å². The van der Waals surface area contributed by atoms with Crippen LogP contribution in [0.15, 0.2) is 66.7 Å². The van der Waals surface area contributed by atoms with Crippen molar-refractivity contribution in [3.05, 3.63) is 89.2 Å². The molecule has 29 heavy (non-hydrogen) atoms. The molecule has 4 nitrogen and oxygen atoms in total. The summed E-state index contributed by atoms with van der Waals surface area (Å²) in [7, 11) is 0. The largest absolute Gasteiger partial charge is 0.492 e. The lowest BCUT2D eigenvalue weighted by Crippen LogP contribution is -2.13. The summed E-state index contributed by atoms with van der Waals surface area (Å²) >= 11 is 0. The molecule has 0 aliphatic carbocycles. The molecule has 0 atom stereocenters. The highest BCUT2D eigenvalue weighted by Crippen LogP contribution is 2.21. The topological polar surface area (TPSA) is 36.3 Å². The fraction of sp³-hybridized carbons (Fsp3) is 0.240. The molecule has 0 fully saturated rings. The zero-order chi connectivity index (χ0) is 20.2. The Kier molecular flexibility index (Phi) is 5.52. The molecule has 0 N–H and O–H groups in total. The van der Waals surface area contributed by atoms with E-state index in [2.05, 4.69) is 55.7 Å². The first-order valence-electron chi connectivity index (χ1n) is 9.94. The molecule has 1 aromatic heterocycles. The number of nitrogens with zero attached hydrogens (tertiary/aromatic N) is 2. The summed E-state index contributed by atoms with van der Waals surface area (Å²) in [6, 6.07) is 22.5. The molecule has 0 aliphatic heterocycles. The summed E-state index contributed by atoms with van der Waals surface area (Å²) in [4.78, 5) is 4.79. The third kappa shape index (κ3) is 4.43. The Hall–Kier alpha value is -3.27. The Labute approximate surface area is 171 Å². The summed E-state index contributed by atoms with van der Waals surface area (Å²) in [5, 5.41) is 0. The van der Waals surface area contributed by atoms with Gasteiger partial charge in [0.15, 0.2) is 0 Å². The van der Waals surface area contributed by atoms with Crippen LogP contribution < -0.4 is 9.47 Å². The van der Waals surface area contributed by atoms with E-state index in [1.807, 2.05) is 36.4 Å². The lowest BCUT2D eigenvalue weighted by atomic mass is 10.1. The van der Waals surface area contributed by atoms with Gasteiger partial charge in [0.1, 0.15) is 30.5 Å². The number of aromatic nitrogens is 2. The number of hydrogen-bond acceptors (Lipinski definition) is 3. The first-order chi connectivity index (χ1) is 14.1. The minimum absolute atomic E-state index is 0.420. The quantitative estimate of drug-likeness (QED) is 0.414. The monoisotopic (exact) mass is 386 g/mol. The summed E-state index contributed by atoms with van der Waals surface area (Å²) in [6.45, 7) is 7.92. The molecule has 0 bridgehead atoms. The molecule has 148 valence electrons. The molecule has 4 aromatic rings. The molecule has 0 spiro atoms. The van der Waals surface area contributed by atoms with Crippen LogP contribution >= 0.6 is 0 Å². The number of hydrogen-bond donors (Lipinski definition) is 0. The smallest absolute Gasteiger partial charge is 0.148 e. The summed E-state index contributed by atoms with van der Waals surface area (Å²) in [6.07, 6.45) is 0. The first-order valence-corrected chi connectivity index (χ1v) is 9.94. The highest BCUT2D eigenvalue weighted by atomic mass is 16.5. The van der Waals surface area contributed by atoms with Gasteiger partial charge in [-0.15, -0.1) is 0 Å². The molecule has 1 heterocycles. The van der Waals surface area contributed by atoms with Crippen molar-refractivity contribution in [3.8, 4) is 11.5 Å².